The van der Waals surface area contributed by atoms with Crippen molar-refractivity contribution >= 4 is 11.9 Å². The lowest BCUT2D eigenvalue weighted by molar-refractivity contribution is -0.123. The van der Waals surface area contributed by atoms with Crippen LogP contribution in [0.15, 0.2) is 4.99 Å². The van der Waals surface area contributed by atoms with Crippen molar-refractivity contribution in [1.82, 2.24) is 15.5 Å². The lowest BCUT2D eigenvalue weighted by atomic mass is 9.96. The first-order valence-corrected chi connectivity index (χ1v) is 8.71. The fourth-order valence-electron chi connectivity index (χ4n) is 2.71. The molecule has 0 aliphatic carbocycles. The molecule has 1 fully saturated rings. The van der Waals surface area contributed by atoms with E-state index in [0.717, 1.165) is 71.0 Å². The summed E-state index contributed by atoms with van der Waals surface area (Å²) in [4.78, 5) is 17.7. The second-order valence-corrected chi connectivity index (χ2v) is 5.85. The number of ether oxygens (including phenoxy) is 1. The second-order valence-electron chi connectivity index (χ2n) is 5.85. The number of carbonyl (C=O) groups is 1. The number of piperidine rings is 1. The smallest absolute Gasteiger partial charge is 0.220 e. The summed E-state index contributed by atoms with van der Waals surface area (Å²) < 4.78 is 5.28. The molecule has 0 spiro atoms. The average Bonchev–Trinajstić information content (AvgIpc) is 2.57. The lowest BCUT2D eigenvalue weighted by Crippen LogP contribution is -2.40. The Morgan fingerprint density at radius 2 is 1.96 bits per heavy atom. The molecular weight excluding hydrogens is 294 g/mol. The van der Waals surface area contributed by atoms with Gasteiger partial charge in [0.15, 0.2) is 5.96 Å². The van der Waals surface area contributed by atoms with Gasteiger partial charge in [-0.2, -0.15) is 0 Å². The number of aliphatic imine (C=N–C) groups is 1. The molecule has 0 saturated carbocycles. The number of guanidine groups is 1. The van der Waals surface area contributed by atoms with Crippen molar-refractivity contribution in [2.24, 2.45) is 16.6 Å². The fourth-order valence-corrected chi connectivity index (χ4v) is 2.71. The standard InChI is InChI=1S/C16H33N5O2/c1-3-23-13-9-20-16(18-2)19-8-4-5-10-21-11-6-14(7-12-21)15(17)22/h14H,3-13H2,1-2H3,(H2,17,22)(H2,18,19,20). The molecule has 23 heavy (non-hydrogen) atoms. The molecule has 0 aromatic carbocycles. The van der Waals surface area contributed by atoms with Gasteiger partial charge in [0.25, 0.3) is 0 Å². The van der Waals surface area contributed by atoms with Crippen molar-refractivity contribution in [3.63, 3.8) is 0 Å². The van der Waals surface area contributed by atoms with Crippen LogP contribution in [0.1, 0.15) is 32.6 Å². The normalized spacial score (nSPS) is 17.2. The lowest BCUT2D eigenvalue weighted by Gasteiger charge is -2.30. The van der Waals surface area contributed by atoms with Crippen LogP contribution in [0, 0.1) is 5.92 Å². The van der Waals surface area contributed by atoms with Crippen molar-refractivity contribution in [2.75, 3.05) is 53.0 Å². The molecule has 4 N–H and O–H groups in total. The molecule has 7 nitrogen and oxygen atoms in total. The van der Waals surface area contributed by atoms with Gasteiger partial charge in [-0.15, -0.1) is 0 Å². The molecule has 1 saturated heterocycles. The number of nitrogens with zero attached hydrogens (tertiary/aromatic N) is 2. The van der Waals surface area contributed by atoms with Crippen LogP contribution < -0.4 is 16.4 Å². The number of carbonyl (C=O) groups excluding carboxylic acids is 1. The molecule has 0 atom stereocenters. The molecular formula is C16H33N5O2. The van der Waals surface area contributed by atoms with Crippen molar-refractivity contribution in [1.29, 1.82) is 0 Å². The minimum Gasteiger partial charge on any atom is -0.380 e. The molecule has 0 aromatic heterocycles. The van der Waals surface area contributed by atoms with E-state index in [1.807, 2.05) is 6.92 Å². The van der Waals surface area contributed by atoms with Crippen LogP contribution in [-0.4, -0.2) is 69.8 Å². The third-order valence-electron chi connectivity index (χ3n) is 4.15. The average molecular weight is 327 g/mol. The SMILES string of the molecule is CCOCCNC(=NC)NCCCCN1CCC(C(N)=O)CC1. The van der Waals surface area contributed by atoms with E-state index < -0.39 is 0 Å². The summed E-state index contributed by atoms with van der Waals surface area (Å²) in [6.07, 6.45) is 4.06. The zero-order valence-corrected chi connectivity index (χ0v) is 14.6. The van der Waals surface area contributed by atoms with Crippen LogP contribution in [-0.2, 0) is 9.53 Å². The quantitative estimate of drug-likeness (QED) is 0.302. The first-order valence-electron chi connectivity index (χ1n) is 8.71. The Morgan fingerprint density at radius 3 is 2.57 bits per heavy atom. The maximum Gasteiger partial charge on any atom is 0.220 e. The number of rotatable bonds is 10. The Hall–Kier alpha value is -1.34. The zero-order chi connectivity index (χ0) is 16.9. The molecule has 1 aliphatic heterocycles. The molecule has 0 bridgehead atoms. The molecule has 1 aliphatic rings. The van der Waals surface area contributed by atoms with Gasteiger partial charge >= 0.3 is 0 Å². The number of likely N-dealkylation sites (tertiary alicyclic amines) is 1. The van der Waals surface area contributed by atoms with E-state index in [9.17, 15) is 4.79 Å². The summed E-state index contributed by atoms with van der Waals surface area (Å²) in [7, 11) is 1.78. The summed E-state index contributed by atoms with van der Waals surface area (Å²) in [6, 6.07) is 0. The predicted octanol–water partition coefficient (Wildman–Crippen LogP) is 0.165. The Labute approximate surface area is 140 Å². The van der Waals surface area contributed by atoms with Crippen LogP contribution in [0.5, 0.6) is 0 Å². The molecule has 1 heterocycles. The number of hydrogen-bond donors (Lipinski definition) is 3. The van der Waals surface area contributed by atoms with Gasteiger partial charge in [-0.05, 0) is 52.2 Å². The summed E-state index contributed by atoms with van der Waals surface area (Å²) in [5.41, 5.74) is 5.35. The van der Waals surface area contributed by atoms with E-state index in [1.165, 1.54) is 0 Å². The summed E-state index contributed by atoms with van der Waals surface area (Å²) >= 11 is 0. The number of primary amides is 1. The third-order valence-corrected chi connectivity index (χ3v) is 4.15. The van der Waals surface area contributed by atoms with E-state index in [-0.39, 0.29) is 11.8 Å². The molecule has 0 radical (unpaired) electrons. The number of nitrogens with two attached hydrogens (primary N) is 1. The van der Waals surface area contributed by atoms with Crippen molar-refractivity contribution in [2.45, 2.75) is 32.6 Å². The van der Waals surface area contributed by atoms with Crippen LogP contribution in [0.2, 0.25) is 0 Å². The number of unbranched alkanes of at least 4 members (excludes halogenated alkanes) is 1. The number of nitrogens with one attached hydrogen (secondary N) is 2. The van der Waals surface area contributed by atoms with Gasteiger partial charge in [0.2, 0.25) is 5.91 Å². The topological polar surface area (TPSA) is 92.0 Å². The van der Waals surface area contributed by atoms with Crippen molar-refractivity contribution < 1.29 is 9.53 Å². The minimum absolute atomic E-state index is 0.0824. The fraction of sp³-hybridized carbons (Fsp3) is 0.875. The second kappa shape index (κ2) is 12.1. The molecule has 0 aromatic rings. The molecule has 134 valence electrons. The first-order chi connectivity index (χ1) is 11.2. The van der Waals surface area contributed by atoms with E-state index >= 15 is 0 Å². The highest BCUT2D eigenvalue weighted by Crippen LogP contribution is 2.16. The number of amides is 1. The largest absolute Gasteiger partial charge is 0.380 e. The molecule has 1 rings (SSSR count). The van der Waals surface area contributed by atoms with Crippen LogP contribution >= 0.6 is 0 Å². The highest BCUT2D eigenvalue weighted by atomic mass is 16.5. The van der Waals surface area contributed by atoms with Gasteiger partial charge in [-0.25, -0.2) is 0 Å². The van der Waals surface area contributed by atoms with Gasteiger partial charge in [-0.3, -0.25) is 9.79 Å². The summed E-state index contributed by atoms with van der Waals surface area (Å²) in [5, 5.41) is 6.53. The Balaban J connectivity index is 2.01. The highest BCUT2D eigenvalue weighted by molar-refractivity contribution is 5.79. The monoisotopic (exact) mass is 327 g/mol. The Kier molecular flexibility index (Phi) is 10.4. The summed E-state index contributed by atoms with van der Waals surface area (Å²) in [6.45, 7) is 8.16. The highest BCUT2D eigenvalue weighted by Gasteiger charge is 2.22. The maximum atomic E-state index is 11.1. The predicted molar refractivity (Wildman–Crippen MR) is 93.4 cm³/mol. The minimum atomic E-state index is -0.142. The third kappa shape index (κ3) is 8.76. The van der Waals surface area contributed by atoms with Gasteiger partial charge in [-0.1, -0.05) is 0 Å². The Morgan fingerprint density at radius 1 is 1.26 bits per heavy atom. The van der Waals surface area contributed by atoms with Crippen LogP contribution in [0.25, 0.3) is 0 Å². The van der Waals surface area contributed by atoms with Crippen LogP contribution in [0.4, 0.5) is 0 Å². The van der Waals surface area contributed by atoms with Gasteiger partial charge in [0, 0.05) is 32.7 Å². The Bertz CT molecular complexity index is 354. The van der Waals surface area contributed by atoms with Crippen LogP contribution in [0.3, 0.4) is 0 Å². The number of hydrogen-bond acceptors (Lipinski definition) is 4. The maximum absolute atomic E-state index is 11.1. The molecule has 7 heteroatoms. The van der Waals surface area contributed by atoms with Crippen molar-refractivity contribution in [3.05, 3.63) is 0 Å². The van der Waals surface area contributed by atoms with Gasteiger partial charge in [0.05, 0.1) is 6.61 Å². The van der Waals surface area contributed by atoms with Gasteiger partial charge < -0.3 is 26.0 Å². The van der Waals surface area contributed by atoms with Crippen molar-refractivity contribution in [3.8, 4) is 0 Å². The summed E-state index contributed by atoms with van der Waals surface area (Å²) in [5.74, 6) is 0.767. The van der Waals surface area contributed by atoms with E-state index in [4.69, 9.17) is 10.5 Å². The van der Waals surface area contributed by atoms with Gasteiger partial charge in [0.1, 0.15) is 0 Å². The first kappa shape index (κ1) is 19.7. The van der Waals surface area contributed by atoms with E-state index in [2.05, 4.69) is 20.5 Å². The zero-order valence-electron chi connectivity index (χ0n) is 14.6. The van der Waals surface area contributed by atoms with E-state index in [0.29, 0.717) is 6.61 Å². The molecule has 0 unspecified atom stereocenters. The molecule has 1 amide bonds. The van der Waals surface area contributed by atoms with E-state index in [1.54, 1.807) is 7.05 Å².